The molecule has 0 radical (unpaired) electrons. The molecule has 2 atom stereocenters. The first kappa shape index (κ1) is 12.0. The summed E-state index contributed by atoms with van der Waals surface area (Å²) >= 11 is 1.72. The molecule has 1 aliphatic heterocycles. The third-order valence-corrected chi connectivity index (χ3v) is 3.98. The fraction of sp³-hybridized carbons (Fsp3) is 0.750. The van der Waals surface area contributed by atoms with Crippen molar-refractivity contribution in [3.05, 3.63) is 16.1 Å². The highest BCUT2D eigenvalue weighted by Gasteiger charge is 2.23. The van der Waals surface area contributed by atoms with Crippen LogP contribution in [0.1, 0.15) is 49.5 Å². The van der Waals surface area contributed by atoms with Gasteiger partial charge in [0.2, 0.25) is 0 Å². The molecule has 1 saturated heterocycles. The Hall–Kier alpha value is -0.450. The molecule has 0 saturated carbocycles. The number of hydrogen-bond acceptors (Lipinski definition) is 4. The SMILES string of the molecule is COC(c1nc([C@@H]2CCCN2)cs1)C(C)C. The van der Waals surface area contributed by atoms with Gasteiger partial charge in [0.15, 0.2) is 0 Å². The van der Waals surface area contributed by atoms with Crippen LogP contribution in [0.3, 0.4) is 0 Å². The summed E-state index contributed by atoms with van der Waals surface area (Å²) in [7, 11) is 1.76. The fourth-order valence-electron chi connectivity index (χ4n) is 2.19. The number of hydrogen-bond donors (Lipinski definition) is 1. The molecular formula is C12H20N2OS. The number of nitrogens with one attached hydrogen (secondary N) is 1. The summed E-state index contributed by atoms with van der Waals surface area (Å²) in [6.45, 7) is 5.46. The Labute approximate surface area is 101 Å². The van der Waals surface area contributed by atoms with Gasteiger partial charge in [-0.05, 0) is 25.3 Å². The minimum atomic E-state index is 0.139. The number of methoxy groups -OCH3 is 1. The van der Waals surface area contributed by atoms with E-state index in [1.165, 1.54) is 18.5 Å². The zero-order valence-corrected chi connectivity index (χ0v) is 11.0. The Balaban J connectivity index is 2.11. The van der Waals surface area contributed by atoms with E-state index >= 15 is 0 Å². The van der Waals surface area contributed by atoms with Crippen LogP contribution in [0.5, 0.6) is 0 Å². The van der Waals surface area contributed by atoms with E-state index in [0.29, 0.717) is 12.0 Å². The number of aromatic nitrogens is 1. The van der Waals surface area contributed by atoms with Crippen molar-refractivity contribution in [2.24, 2.45) is 5.92 Å². The molecule has 1 aliphatic rings. The summed E-state index contributed by atoms with van der Waals surface area (Å²) in [5.74, 6) is 0.473. The van der Waals surface area contributed by atoms with E-state index in [0.717, 1.165) is 11.6 Å². The molecule has 0 aliphatic carbocycles. The maximum Gasteiger partial charge on any atom is 0.122 e. The minimum absolute atomic E-state index is 0.139. The first-order chi connectivity index (χ1) is 7.72. The first-order valence-electron chi connectivity index (χ1n) is 5.94. The summed E-state index contributed by atoms with van der Waals surface area (Å²) in [4.78, 5) is 4.72. The predicted molar refractivity (Wildman–Crippen MR) is 66.7 cm³/mol. The van der Waals surface area contributed by atoms with Crippen LogP contribution in [-0.2, 0) is 4.74 Å². The van der Waals surface area contributed by atoms with Gasteiger partial charge in [0, 0.05) is 12.5 Å². The smallest absolute Gasteiger partial charge is 0.122 e. The lowest BCUT2D eigenvalue weighted by molar-refractivity contribution is 0.0642. The minimum Gasteiger partial charge on any atom is -0.374 e. The Morgan fingerprint density at radius 1 is 1.56 bits per heavy atom. The molecule has 16 heavy (non-hydrogen) atoms. The van der Waals surface area contributed by atoms with Crippen molar-refractivity contribution in [3.8, 4) is 0 Å². The lowest BCUT2D eigenvalue weighted by Crippen LogP contribution is -2.14. The van der Waals surface area contributed by atoms with Gasteiger partial charge >= 0.3 is 0 Å². The van der Waals surface area contributed by atoms with Crippen LogP contribution in [0.25, 0.3) is 0 Å². The molecule has 0 bridgehead atoms. The molecule has 2 heterocycles. The van der Waals surface area contributed by atoms with E-state index in [9.17, 15) is 0 Å². The summed E-state index contributed by atoms with van der Waals surface area (Å²) in [6, 6.07) is 0.467. The zero-order valence-electron chi connectivity index (χ0n) is 10.2. The molecule has 3 nitrogen and oxygen atoms in total. The summed E-state index contributed by atoms with van der Waals surface area (Å²) in [5, 5.41) is 6.76. The topological polar surface area (TPSA) is 34.1 Å². The Morgan fingerprint density at radius 2 is 2.38 bits per heavy atom. The normalized spacial score (nSPS) is 22.9. The van der Waals surface area contributed by atoms with Crippen LogP contribution < -0.4 is 5.32 Å². The number of ether oxygens (including phenoxy) is 1. The molecule has 0 spiro atoms. The maximum absolute atomic E-state index is 5.50. The third kappa shape index (κ3) is 2.44. The van der Waals surface area contributed by atoms with Crippen LogP contribution in [-0.4, -0.2) is 18.6 Å². The van der Waals surface area contributed by atoms with Gasteiger partial charge in [-0.15, -0.1) is 11.3 Å². The summed E-state index contributed by atoms with van der Waals surface area (Å²) in [6.07, 6.45) is 2.61. The van der Waals surface area contributed by atoms with Crippen molar-refractivity contribution in [1.29, 1.82) is 0 Å². The second kappa shape index (κ2) is 5.25. The second-order valence-corrected chi connectivity index (χ2v) is 5.55. The molecule has 0 amide bonds. The maximum atomic E-state index is 5.50. The van der Waals surface area contributed by atoms with E-state index in [4.69, 9.17) is 9.72 Å². The number of rotatable bonds is 4. The lowest BCUT2D eigenvalue weighted by Gasteiger charge is -2.16. The lowest BCUT2D eigenvalue weighted by atomic mass is 10.1. The molecule has 1 unspecified atom stereocenters. The van der Waals surface area contributed by atoms with Crippen molar-refractivity contribution in [2.75, 3.05) is 13.7 Å². The Kier molecular flexibility index (Phi) is 3.95. The summed E-state index contributed by atoms with van der Waals surface area (Å²) in [5.41, 5.74) is 1.19. The highest BCUT2D eigenvalue weighted by molar-refractivity contribution is 7.09. The van der Waals surface area contributed by atoms with Crippen molar-refractivity contribution < 1.29 is 4.74 Å². The van der Waals surface area contributed by atoms with Crippen LogP contribution in [0.4, 0.5) is 0 Å². The van der Waals surface area contributed by atoms with Gasteiger partial charge in [0.1, 0.15) is 11.1 Å². The molecule has 1 aromatic heterocycles. The molecule has 1 aromatic rings. The molecule has 1 fully saturated rings. The largest absolute Gasteiger partial charge is 0.374 e. The summed E-state index contributed by atoms with van der Waals surface area (Å²) < 4.78 is 5.50. The monoisotopic (exact) mass is 240 g/mol. The van der Waals surface area contributed by atoms with Gasteiger partial charge in [-0.2, -0.15) is 0 Å². The number of thiazole rings is 1. The molecule has 90 valence electrons. The van der Waals surface area contributed by atoms with Gasteiger partial charge in [-0.1, -0.05) is 13.8 Å². The highest BCUT2D eigenvalue weighted by atomic mass is 32.1. The highest BCUT2D eigenvalue weighted by Crippen LogP contribution is 2.31. The Morgan fingerprint density at radius 3 is 2.94 bits per heavy atom. The fourth-order valence-corrected chi connectivity index (χ4v) is 3.31. The average Bonchev–Trinajstić information content (AvgIpc) is 2.86. The van der Waals surface area contributed by atoms with E-state index in [1.807, 2.05) is 0 Å². The molecule has 1 N–H and O–H groups in total. The Bertz CT molecular complexity index is 332. The van der Waals surface area contributed by atoms with Gasteiger partial charge < -0.3 is 10.1 Å². The number of nitrogens with zero attached hydrogens (tertiary/aromatic N) is 1. The molecule has 0 aromatic carbocycles. The van der Waals surface area contributed by atoms with Crippen molar-refractivity contribution in [2.45, 2.75) is 38.8 Å². The molecule has 2 rings (SSSR count). The zero-order chi connectivity index (χ0) is 11.5. The van der Waals surface area contributed by atoms with Crippen molar-refractivity contribution >= 4 is 11.3 Å². The molecule has 4 heteroatoms. The van der Waals surface area contributed by atoms with Crippen LogP contribution in [0.15, 0.2) is 5.38 Å². The van der Waals surface area contributed by atoms with E-state index in [2.05, 4.69) is 24.5 Å². The quantitative estimate of drug-likeness (QED) is 0.878. The van der Waals surface area contributed by atoms with Crippen molar-refractivity contribution in [3.63, 3.8) is 0 Å². The van der Waals surface area contributed by atoms with E-state index in [1.54, 1.807) is 18.4 Å². The van der Waals surface area contributed by atoms with Crippen LogP contribution in [0, 0.1) is 5.92 Å². The predicted octanol–water partition coefficient (Wildman–Crippen LogP) is 2.91. The van der Waals surface area contributed by atoms with Gasteiger partial charge in [0.25, 0.3) is 0 Å². The van der Waals surface area contributed by atoms with Gasteiger partial charge in [0.05, 0.1) is 11.7 Å². The van der Waals surface area contributed by atoms with E-state index in [-0.39, 0.29) is 6.10 Å². The molecular weight excluding hydrogens is 220 g/mol. The average molecular weight is 240 g/mol. The standard InChI is InChI=1S/C12H20N2OS/c1-8(2)11(15-3)12-14-10(7-16-12)9-5-4-6-13-9/h7-9,11,13H,4-6H2,1-3H3/t9-,11?/m0/s1. The first-order valence-corrected chi connectivity index (χ1v) is 6.82. The van der Waals surface area contributed by atoms with Crippen molar-refractivity contribution in [1.82, 2.24) is 10.3 Å². The van der Waals surface area contributed by atoms with Crippen LogP contribution in [0.2, 0.25) is 0 Å². The second-order valence-electron chi connectivity index (χ2n) is 4.66. The van der Waals surface area contributed by atoms with Gasteiger partial charge in [-0.3, -0.25) is 0 Å². The third-order valence-electron chi connectivity index (χ3n) is 3.06. The van der Waals surface area contributed by atoms with E-state index < -0.39 is 0 Å². The van der Waals surface area contributed by atoms with Gasteiger partial charge in [-0.25, -0.2) is 4.98 Å². The van der Waals surface area contributed by atoms with Crippen LogP contribution >= 0.6 is 11.3 Å².